The van der Waals surface area contributed by atoms with Crippen molar-refractivity contribution < 1.29 is 9.53 Å². The molecule has 2 aliphatic heterocycles. The molecular formula is C18H25ClN2O2. The molecule has 0 radical (unpaired) electrons. The van der Waals surface area contributed by atoms with E-state index in [1.807, 2.05) is 49.9 Å². The van der Waals surface area contributed by atoms with Crippen molar-refractivity contribution in [1.82, 2.24) is 4.90 Å². The summed E-state index contributed by atoms with van der Waals surface area (Å²) >= 11 is 6.05. The van der Waals surface area contributed by atoms with Gasteiger partial charge in [-0.1, -0.05) is 17.7 Å². The molecule has 1 amide bonds. The van der Waals surface area contributed by atoms with Crippen molar-refractivity contribution in [2.24, 2.45) is 0 Å². The van der Waals surface area contributed by atoms with E-state index in [1.54, 1.807) is 0 Å². The van der Waals surface area contributed by atoms with Gasteiger partial charge >= 0.3 is 6.09 Å². The van der Waals surface area contributed by atoms with E-state index < -0.39 is 5.60 Å². The molecule has 1 aromatic carbocycles. The molecule has 4 nitrogen and oxygen atoms in total. The number of anilines is 1. The second-order valence-corrected chi connectivity index (χ2v) is 8.03. The zero-order chi connectivity index (χ0) is 16.6. The van der Waals surface area contributed by atoms with E-state index in [-0.39, 0.29) is 18.2 Å². The highest BCUT2D eigenvalue weighted by atomic mass is 35.5. The summed E-state index contributed by atoms with van der Waals surface area (Å²) in [6.45, 7) is 5.75. The minimum absolute atomic E-state index is 0.161. The zero-order valence-electron chi connectivity index (χ0n) is 14.0. The van der Waals surface area contributed by atoms with Crippen molar-refractivity contribution in [1.29, 1.82) is 0 Å². The van der Waals surface area contributed by atoms with Crippen LogP contribution in [0, 0.1) is 0 Å². The third kappa shape index (κ3) is 3.92. The molecule has 126 valence electrons. The molecule has 2 bridgehead atoms. The molecule has 0 saturated carbocycles. The van der Waals surface area contributed by atoms with Crippen LogP contribution in [0.4, 0.5) is 10.5 Å². The predicted octanol–water partition coefficient (Wildman–Crippen LogP) is 4.68. The predicted molar refractivity (Wildman–Crippen MR) is 93.0 cm³/mol. The summed E-state index contributed by atoms with van der Waals surface area (Å²) in [6.07, 6.45) is 3.89. The van der Waals surface area contributed by atoms with E-state index in [9.17, 15) is 4.79 Å². The smallest absolute Gasteiger partial charge is 0.410 e. The molecule has 0 spiro atoms. The summed E-state index contributed by atoms with van der Waals surface area (Å²) in [6, 6.07) is 8.75. The SMILES string of the molecule is CC(C)(C)OC(=O)N1C2CCC1CC(Nc1cccc(Cl)c1)C2. The van der Waals surface area contributed by atoms with E-state index in [0.29, 0.717) is 6.04 Å². The van der Waals surface area contributed by atoms with Gasteiger partial charge in [-0.3, -0.25) is 0 Å². The maximum absolute atomic E-state index is 12.5. The molecule has 3 rings (SSSR count). The van der Waals surface area contributed by atoms with Crippen LogP contribution < -0.4 is 5.32 Å². The maximum atomic E-state index is 12.5. The Morgan fingerprint density at radius 1 is 1.26 bits per heavy atom. The summed E-state index contributed by atoms with van der Waals surface area (Å²) < 4.78 is 5.58. The van der Waals surface area contributed by atoms with E-state index in [1.165, 1.54) is 0 Å². The Balaban J connectivity index is 1.64. The van der Waals surface area contributed by atoms with Gasteiger partial charge in [0.15, 0.2) is 0 Å². The quantitative estimate of drug-likeness (QED) is 0.852. The van der Waals surface area contributed by atoms with Crippen LogP contribution in [0.5, 0.6) is 0 Å². The summed E-state index contributed by atoms with van der Waals surface area (Å²) in [4.78, 5) is 14.4. The summed E-state index contributed by atoms with van der Waals surface area (Å²) in [7, 11) is 0. The van der Waals surface area contributed by atoms with Crippen LogP contribution >= 0.6 is 11.6 Å². The first-order valence-corrected chi connectivity index (χ1v) is 8.73. The molecule has 1 N–H and O–H groups in total. The zero-order valence-corrected chi connectivity index (χ0v) is 14.8. The van der Waals surface area contributed by atoms with Gasteiger partial charge in [-0.05, 0) is 64.7 Å². The van der Waals surface area contributed by atoms with Gasteiger partial charge in [0.1, 0.15) is 5.60 Å². The number of amides is 1. The average Bonchev–Trinajstić information content (AvgIpc) is 2.69. The van der Waals surface area contributed by atoms with Crippen molar-refractivity contribution in [2.45, 2.75) is 70.2 Å². The van der Waals surface area contributed by atoms with E-state index in [4.69, 9.17) is 16.3 Å². The maximum Gasteiger partial charge on any atom is 0.410 e. The van der Waals surface area contributed by atoms with Gasteiger partial charge in [-0.15, -0.1) is 0 Å². The molecule has 2 fully saturated rings. The monoisotopic (exact) mass is 336 g/mol. The molecular weight excluding hydrogens is 312 g/mol. The van der Waals surface area contributed by atoms with Crippen molar-refractivity contribution in [3.8, 4) is 0 Å². The number of hydrogen-bond acceptors (Lipinski definition) is 3. The Labute approximate surface area is 143 Å². The van der Waals surface area contributed by atoms with Gasteiger partial charge in [0, 0.05) is 28.8 Å². The van der Waals surface area contributed by atoms with Crippen LogP contribution in [0.25, 0.3) is 0 Å². The van der Waals surface area contributed by atoms with Crippen molar-refractivity contribution in [2.75, 3.05) is 5.32 Å². The molecule has 1 aromatic rings. The molecule has 0 aromatic heterocycles. The highest BCUT2D eigenvalue weighted by molar-refractivity contribution is 6.30. The molecule has 5 heteroatoms. The number of nitrogens with zero attached hydrogens (tertiary/aromatic N) is 1. The third-order valence-corrected chi connectivity index (χ3v) is 4.77. The Morgan fingerprint density at radius 2 is 1.91 bits per heavy atom. The molecule has 0 aliphatic carbocycles. The minimum Gasteiger partial charge on any atom is -0.444 e. The molecule has 2 atom stereocenters. The second-order valence-electron chi connectivity index (χ2n) is 7.60. The van der Waals surface area contributed by atoms with Gasteiger partial charge in [-0.2, -0.15) is 0 Å². The molecule has 2 aliphatic rings. The van der Waals surface area contributed by atoms with Crippen LogP contribution in [0.15, 0.2) is 24.3 Å². The largest absolute Gasteiger partial charge is 0.444 e. The van der Waals surface area contributed by atoms with Crippen molar-refractivity contribution in [3.05, 3.63) is 29.3 Å². The number of fused-ring (bicyclic) bond motifs is 2. The van der Waals surface area contributed by atoms with Gasteiger partial charge in [0.25, 0.3) is 0 Å². The number of rotatable bonds is 2. The van der Waals surface area contributed by atoms with Gasteiger partial charge in [0.2, 0.25) is 0 Å². The Morgan fingerprint density at radius 3 is 2.48 bits per heavy atom. The lowest BCUT2D eigenvalue weighted by atomic mass is 9.97. The number of nitrogens with one attached hydrogen (secondary N) is 1. The van der Waals surface area contributed by atoms with Crippen molar-refractivity contribution >= 4 is 23.4 Å². The number of carbonyl (C=O) groups is 1. The minimum atomic E-state index is -0.438. The standard InChI is InChI=1S/C18H25ClN2O2/c1-18(2,3)23-17(22)21-15-7-8-16(21)11-14(10-15)20-13-6-4-5-12(19)9-13/h4-6,9,14-16,20H,7-8,10-11H2,1-3H3. The van der Waals surface area contributed by atoms with Crippen LogP contribution in [-0.2, 0) is 4.74 Å². The first-order valence-electron chi connectivity index (χ1n) is 8.35. The van der Waals surface area contributed by atoms with Crippen LogP contribution in [0.3, 0.4) is 0 Å². The topological polar surface area (TPSA) is 41.6 Å². The number of halogens is 1. The van der Waals surface area contributed by atoms with Crippen LogP contribution in [-0.4, -0.2) is 34.7 Å². The highest BCUT2D eigenvalue weighted by Crippen LogP contribution is 2.38. The third-order valence-electron chi connectivity index (χ3n) is 4.53. The van der Waals surface area contributed by atoms with Crippen LogP contribution in [0.2, 0.25) is 5.02 Å². The summed E-state index contributed by atoms with van der Waals surface area (Å²) in [5.74, 6) is 0. The summed E-state index contributed by atoms with van der Waals surface area (Å²) in [5, 5.41) is 4.31. The van der Waals surface area contributed by atoms with Gasteiger partial charge in [0.05, 0.1) is 0 Å². The fraction of sp³-hybridized carbons (Fsp3) is 0.611. The number of hydrogen-bond donors (Lipinski definition) is 1. The Bertz CT molecular complexity index is 571. The van der Waals surface area contributed by atoms with Gasteiger partial charge < -0.3 is 15.0 Å². The van der Waals surface area contributed by atoms with E-state index in [2.05, 4.69) is 5.32 Å². The molecule has 2 heterocycles. The lowest BCUT2D eigenvalue weighted by Gasteiger charge is -2.40. The fourth-order valence-corrected chi connectivity index (χ4v) is 3.91. The molecule has 2 saturated heterocycles. The second kappa shape index (κ2) is 6.23. The van der Waals surface area contributed by atoms with E-state index in [0.717, 1.165) is 36.4 Å². The highest BCUT2D eigenvalue weighted by Gasteiger charge is 2.44. The van der Waals surface area contributed by atoms with Gasteiger partial charge in [-0.25, -0.2) is 4.79 Å². The normalized spacial score (nSPS) is 27.0. The molecule has 23 heavy (non-hydrogen) atoms. The Hall–Kier alpha value is -1.42. The number of carbonyl (C=O) groups excluding carboxylic acids is 1. The van der Waals surface area contributed by atoms with Crippen molar-refractivity contribution in [3.63, 3.8) is 0 Å². The average molecular weight is 337 g/mol. The first kappa shape index (κ1) is 16.4. The van der Waals surface area contributed by atoms with E-state index >= 15 is 0 Å². The number of ether oxygens (including phenoxy) is 1. The molecule has 2 unspecified atom stereocenters. The summed E-state index contributed by atoms with van der Waals surface area (Å²) in [5.41, 5.74) is 0.611. The number of benzene rings is 1. The Kier molecular flexibility index (Phi) is 4.45. The van der Waals surface area contributed by atoms with Crippen LogP contribution in [0.1, 0.15) is 46.5 Å². The number of piperidine rings is 1. The lowest BCUT2D eigenvalue weighted by molar-refractivity contribution is 0.00684. The lowest BCUT2D eigenvalue weighted by Crippen LogP contribution is -2.51. The fourth-order valence-electron chi connectivity index (χ4n) is 3.72. The first-order chi connectivity index (χ1) is 10.8.